The van der Waals surface area contributed by atoms with Crippen molar-refractivity contribution in [1.82, 2.24) is 0 Å². The van der Waals surface area contributed by atoms with E-state index in [-0.39, 0.29) is 5.75 Å². The molecule has 0 radical (unpaired) electrons. The maximum atomic E-state index is 10.5. The SMILES string of the molecule is O=C(O)CSCCCCCOc1ccc(/C(=C2\CCCc3ccccc32)c2ccccc2)cc1. The van der Waals surface area contributed by atoms with Gasteiger partial charge < -0.3 is 9.84 Å². The van der Waals surface area contributed by atoms with E-state index in [0.717, 1.165) is 43.6 Å². The standard InChI is InChI=1S/C30H32O3S/c31-29(32)22-34-21-8-2-7-20-33-26-18-16-25(17-19-26)30(24-11-3-1-4-12-24)28-15-9-13-23-10-5-6-14-27(23)28/h1,3-6,10-12,14,16-19H,2,7-9,13,15,20-22H2,(H,31,32)/b30-28+. The summed E-state index contributed by atoms with van der Waals surface area (Å²) in [5.41, 5.74) is 8.05. The lowest BCUT2D eigenvalue weighted by molar-refractivity contribution is -0.133. The largest absolute Gasteiger partial charge is 0.494 e. The van der Waals surface area contributed by atoms with Gasteiger partial charge in [-0.2, -0.15) is 11.8 Å². The Morgan fingerprint density at radius 1 is 0.824 bits per heavy atom. The number of aryl methyl sites for hydroxylation is 1. The highest BCUT2D eigenvalue weighted by Crippen LogP contribution is 2.39. The molecule has 3 nitrogen and oxygen atoms in total. The molecule has 4 rings (SSSR count). The second kappa shape index (κ2) is 12.5. The van der Waals surface area contributed by atoms with Crippen molar-refractivity contribution in [2.45, 2.75) is 38.5 Å². The van der Waals surface area contributed by atoms with E-state index in [0.29, 0.717) is 6.61 Å². The number of carboxylic acid groups (broad SMARTS) is 1. The van der Waals surface area contributed by atoms with Crippen molar-refractivity contribution >= 4 is 28.9 Å². The van der Waals surface area contributed by atoms with E-state index >= 15 is 0 Å². The minimum absolute atomic E-state index is 0.190. The molecule has 0 aliphatic heterocycles. The molecule has 0 bridgehead atoms. The van der Waals surface area contributed by atoms with Crippen molar-refractivity contribution in [1.29, 1.82) is 0 Å². The predicted molar refractivity (Wildman–Crippen MR) is 142 cm³/mol. The van der Waals surface area contributed by atoms with Crippen LogP contribution in [0.5, 0.6) is 5.75 Å². The van der Waals surface area contributed by atoms with Gasteiger partial charge in [-0.25, -0.2) is 0 Å². The first-order chi connectivity index (χ1) is 16.7. The van der Waals surface area contributed by atoms with Crippen molar-refractivity contribution < 1.29 is 14.6 Å². The number of unbranched alkanes of at least 4 members (excludes halogenated alkanes) is 2. The van der Waals surface area contributed by atoms with Gasteiger partial charge in [0.1, 0.15) is 5.75 Å². The Bertz CT molecular complexity index is 1100. The second-order valence-corrected chi connectivity index (χ2v) is 9.72. The molecular weight excluding hydrogens is 440 g/mol. The van der Waals surface area contributed by atoms with Crippen LogP contribution in [0.4, 0.5) is 0 Å². The number of rotatable bonds is 11. The highest BCUT2D eigenvalue weighted by molar-refractivity contribution is 7.99. The van der Waals surface area contributed by atoms with Gasteiger partial charge in [-0.3, -0.25) is 4.79 Å². The van der Waals surface area contributed by atoms with Crippen LogP contribution in [0.1, 0.15) is 54.4 Å². The van der Waals surface area contributed by atoms with Crippen molar-refractivity contribution in [2.75, 3.05) is 18.1 Å². The first kappa shape index (κ1) is 24.2. The third-order valence-electron chi connectivity index (χ3n) is 6.15. The van der Waals surface area contributed by atoms with Crippen LogP contribution in [0.2, 0.25) is 0 Å². The van der Waals surface area contributed by atoms with Crippen LogP contribution in [0.25, 0.3) is 11.1 Å². The molecule has 0 heterocycles. The molecule has 3 aromatic rings. The highest BCUT2D eigenvalue weighted by Gasteiger charge is 2.19. The number of thioether (sulfide) groups is 1. The molecule has 0 saturated carbocycles. The van der Waals surface area contributed by atoms with E-state index in [1.165, 1.54) is 51.6 Å². The average Bonchev–Trinajstić information content (AvgIpc) is 2.87. The Kier molecular flexibility index (Phi) is 8.86. The lowest BCUT2D eigenvalue weighted by atomic mass is 9.81. The van der Waals surface area contributed by atoms with Crippen molar-refractivity contribution in [2.24, 2.45) is 0 Å². The highest BCUT2D eigenvalue weighted by atomic mass is 32.2. The molecule has 0 spiro atoms. The predicted octanol–water partition coefficient (Wildman–Crippen LogP) is 7.35. The van der Waals surface area contributed by atoms with E-state index in [9.17, 15) is 4.79 Å². The van der Waals surface area contributed by atoms with E-state index in [2.05, 4.69) is 78.9 Å². The van der Waals surface area contributed by atoms with Gasteiger partial charge in [-0.05, 0) is 89.8 Å². The van der Waals surface area contributed by atoms with Crippen LogP contribution < -0.4 is 4.74 Å². The Balaban J connectivity index is 1.45. The van der Waals surface area contributed by atoms with E-state index in [4.69, 9.17) is 9.84 Å². The summed E-state index contributed by atoms with van der Waals surface area (Å²) in [6, 6.07) is 28.1. The van der Waals surface area contributed by atoms with Gasteiger partial charge in [0.2, 0.25) is 0 Å². The van der Waals surface area contributed by atoms with Gasteiger partial charge in [-0.1, -0.05) is 66.7 Å². The summed E-state index contributed by atoms with van der Waals surface area (Å²) >= 11 is 1.48. The molecule has 3 aromatic carbocycles. The molecule has 0 fully saturated rings. The summed E-state index contributed by atoms with van der Waals surface area (Å²) in [6.45, 7) is 0.683. The zero-order chi connectivity index (χ0) is 23.6. The molecule has 176 valence electrons. The van der Waals surface area contributed by atoms with Crippen LogP contribution in [0.3, 0.4) is 0 Å². The van der Waals surface area contributed by atoms with Crippen molar-refractivity contribution in [3.63, 3.8) is 0 Å². The van der Waals surface area contributed by atoms with Gasteiger partial charge in [0, 0.05) is 0 Å². The maximum Gasteiger partial charge on any atom is 0.313 e. The molecular formula is C30H32O3S. The van der Waals surface area contributed by atoms with Crippen LogP contribution in [0.15, 0.2) is 78.9 Å². The Morgan fingerprint density at radius 2 is 1.56 bits per heavy atom. The van der Waals surface area contributed by atoms with Gasteiger partial charge in [0.25, 0.3) is 0 Å². The Morgan fingerprint density at radius 3 is 2.35 bits per heavy atom. The number of carbonyl (C=O) groups is 1. The number of allylic oxidation sites excluding steroid dienone is 1. The number of aliphatic carboxylic acids is 1. The van der Waals surface area contributed by atoms with Crippen LogP contribution in [-0.2, 0) is 11.2 Å². The Labute approximate surface area is 206 Å². The number of hydrogen-bond acceptors (Lipinski definition) is 3. The van der Waals surface area contributed by atoms with E-state index in [1.807, 2.05) is 0 Å². The first-order valence-corrected chi connectivity index (χ1v) is 13.3. The minimum atomic E-state index is -0.740. The van der Waals surface area contributed by atoms with Crippen LogP contribution in [-0.4, -0.2) is 29.2 Å². The minimum Gasteiger partial charge on any atom is -0.494 e. The van der Waals surface area contributed by atoms with Crippen molar-refractivity contribution in [3.05, 3.63) is 101 Å². The molecule has 0 amide bonds. The van der Waals surface area contributed by atoms with E-state index < -0.39 is 5.97 Å². The number of hydrogen-bond donors (Lipinski definition) is 1. The zero-order valence-electron chi connectivity index (χ0n) is 19.5. The third kappa shape index (κ3) is 6.54. The van der Waals surface area contributed by atoms with E-state index in [1.54, 1.807) is 0 Å². The first-order valence-electron chi connectivity index (χ1n) is 12.1. The fourth-order valence-electron chi connectivity index (χ4n) is 4.55. The summed E-state index contributed by atoms with van der Waals surface area (Å²) < 4.78 is 5.98. The molecule has 1 aliphatic carbocycles. The van der Waals surface area contributed by atoms with Crippen LogP contribution in [0, 0.1) is 0 Å². The van der Waals surface area contributed by atoms with Gasteiger partial charge in [-0.15, -0.1) is 0 Å². The zero-order valence-corrected chi connectivity index (χ0v) is 20.4. The van der Waals surface area contributed by atoms with Gasteiger partial charge >= 0.3 is 5.97 Å². The summed E-state index contributed by atoms with van der Waals surface area (Å²) in [5.74, 6) is 1.23. The average molecular weight is 473 g/mol. The second-order valence-electron chi connectivity index (χ2n) is 8.61. The van der Waals surface area contributed by atoms with Gasteiger partial charge in [0.15, 0.2) is 0 Å². The summed E-state index contributed by atoms with van der Waals surface area (Å²) in [4.78, 5) is 10.5. The van der Waals surface area contributed by atoms with Gasteiger partial charge in [0.05, 0.1) is 12.4 Å². The fourth-order valence-corrected chi connectivity index (χ4v) is 5.28. The van der Waals surface area contributed by atoms with Crippen molar-refractivity contribution in [3.8, 4) is 5.75 Å². The Hall–Kier alpha value is -2.98. The summed E-state index contributed by atoms with van der Waals surface area (Å²) in [7, 11) is 0. The molecule has 34 heavy (non-hydrogen) atoms. The third-order valence-corrected chi connectivity index (χ3v) is 7.18. The maximum absolute atomic E-state index is 10.5. The summed E-state index contributed by atoms with van der Waals surface area (Å²) in [6.07, 6.45) is 6.46. The molecule has 0 aromatic heterocycles. The lowest BCUT2D eigenvalue weighted by Gasteiger charge is -2.23. The molecule has 0 atom stereocenters. The molecule has 1 aliphatic rings. The quantitative estimate of drug-likeness (QED) is 0.296. The van der Waals surface area contributed by atoms with Crippen LogP contribution >= 0.6 is 11.8 Å². The number of carboxylic acids is 1. The molecule has 4 heteroatoms. The molecule has 0 unspecified atom stereocenters. The summed E-state index contributed by atoms with van der Waals surface area (Å²) in [5, 5.41) is 8.67. The normalized spacial score (nSPS) is 14.4. The number of fused-ring (bicyclic) bond motifs is 1. The number of benzene rings is 3. The number of ether oxygens (including phenoxy) is 1. The fraction of sp³-hybridized carbons (Fsp3) is 0.300. The smallest absolute Gasteiger partial charge is 0.313 e. The topological polar surface area (TPSA) is 46.5 Å². The monoisotopic (exact) mass is 472 g/mol. The molecule has 0 saturated heterocycles. The molecule has 1 N–H and O–H groups in total. The lowest BCUT2D eigenvalue weighted by Crippen LogP contribution is -2.05.